The molecule has 2 N–H and O–H groups in total. The number of carbonyl (C=O) groups is 1. The maximum absolute atomic E-state index is 12.4. The number of alkyl halides is 3. The number of amides is 1. The Morgan fingerprint density at radius 1 is 1.43 bits per heavy atom. The van der Waals surface area contributed by atoms with Crippen molar-refractivity contribution in [2.24, 2.45) is 5.92 Å². The Balaban J connectivity index is 1.58. The molecule has 21 heavy (non-hydrogen) atoms. The number of imidazole rings is 1. The van der Waals surface area contributed by atoms with Crippen molar-refractivity contribution >= 4 is 17.2 Å². The van der Waals surface area contributed by atoms with Gasteiger partial charge in [-0.25, -0.2) is 9.97 Å². The average Bonchev–Trinajstić information content (AvgIpc) is 3.00. The summed E-state index contributed by atoms with van der Waals surface area (Å²) in [5, 5.41) is 4.76. The first kappa shape index (κ1) is 14.1. The number of thiazole rings is 1. The summed E-state index contributed by atoms with van der Waals surface area (Å²) in [6.07, 6.45) is -1.21. The number of nitrogens with zero attached hydrogens (tertiary/aromatic N) is 2. The summed E-state index contributed by atoms with van der Waals surface area (Å²) in [6.45, 7) is 0. The molecule has 0 spiro atoms. The lowest BCUT2D eigenvalue weighted by molar-refractivity contribution is -0.198. The van der Waals surface area contributed by atoms with Gasteiger partial charge in [0, 0.05) is 11.4 Å². The van der Waals surface area contributed by atoms with Gasteiger partial charge in [0.15, 0.2) is 0 Å². The van der Waals surface area contributed by atoms with E-state index in [4.69, 9.17) is 0 Å². The summed E-state index contributed by atoms with van der Waals surface area (Å²) < 4.78 is 37.1. The van der Waals surface area contributed by atoms with Gasteiger partial charge in [-0.1, -0.05) is 0 Å². The topological polar surface area (TPSA) is 70.7 Å². The molecule has 1 aliphatic carbocycles. The van der Waals surface area contributed by atoms with E-state index >= 15 is 0 Å². The molecule has 112 valence electrons. The van der Waals surface area contributed by atoms with Crippen LogP contribution in [0.3, 0.4) is 0 Å². The molecule has 0 atom stereocenters. The summed E-state index contributed by atoms with van der Waals surface area (Å²) >= 11 is 1.27. The zero-order chi connectivity index (χ0) is 15.0. The molecular formula is C12H11F3N4OS. The third kappa shape index (κ3) is 2.92. The molecule has 0 unspecified atom stereocenters. The van der Waals surface area contributed by atoms with Crippen molar-refractivity contribution in [2.75, 3.05) is 0 Å². The number of H-pyrrole nitrogens is 1. The summed E-state index contributed by atoms with van der Waals surface area (Å²) in [6, 6.07) is -0.429. The highest BCUT2D eigenvalue weighted by molar-refractivity contribution is 7.13. The van der Waals surface area contributed by atoms with E-state index in [1.54, 1.807) is 11.6 Å². The van der Waals surface area contributed by atoms with Crippen LogP contribution in [0, 0.1) is 5.92 Å². The Morgan fingerprint density at radius 2 is 2.19 bits per heavy atom. The highest BCUT2D eigenvalue weighted by atomic mass is 32.1. The van der Waals surface area contributed by atoms with Crippen LogP contribution in [0.25, 0.3) is 10.7 Å². The molecule has 1 aliphatic rings. The van der Waals surface area contributed by atoms with Gasteiger partial charge in [0.2, 0.25) is 0 Å². The smallest absolute Gasteiger partial charge is 0.348 e. The second-order valence-electron chi connectivity index (χ2n) is 4.88. The van der Waals surface area contributed by atoms with Crippen LogP contribution in [0.15, 0.2) is 17.9 Å². The minimum atomic E-state index is -4.17. The summed E-state index contributed by atoms with van der Waals surface area (Å²) in [7, 11) is 0. The molecule has 2 aromatic rings. The number of aromatic amines is 1. The fourth-order valence-corrected chi connectivity index (χ4v) is 2.91. The maximum Gasteiger partial charge on any atom is 0.391 e. The molecule has 0 saturated heterocycles. The highest BCUT2D eigenvalue weighted by Crippen LogP contribution is 2.41. The van der Waals surface area contributed by atoms with Crippen LogP contribution in [0.1, 0.15) is 23.3 Å². The third-order valence-corrected chi connectivity index (χ3v) is 4.28. The monoisotopic (exact) mass is 316 g/mol. The highest BCUT2D eigenvalue weighted by Gasteiger charge is 2.48. The van der Waals surface area contributed by atoms with Crippen LogP contribution < -0.4 is 5.32 Å². The van der Waals surface area contributed by atoms with Crippen molar-refractivity contribution < 1.29 is 18.0 Å². The van der Waals surface area contributed by atoms with Crippen molar-refractivity contribution in [3.8, 4) is 10.7 Å². The van der Waals surface area contributed by atoms with Crippen LogP contribution in [0.4, 0.5) is 13.2 Å². The van der Waals surface area contributed by atoms with E-state index in [2.05, 4.69) is 20.3 Å². The van der Waals surface area contributed by atoms with Crippen molar-refractivity contribution in [3.63, 3.8) is 0 Å². The van der Waals surface area contributed by atoms with Crippen molar-refractivity contribution in [2.45, 2.75) is 25.1 Å². The van der Waals surface area contributed by atoms with Gasteiger partial charge < -0.3 is 10.3 Å². The number of aromatic nitrogens is 3. The molecular weight excluding hydrogens is 305 g/mol. The van der Waals surface area contributed by atoms with E-state index in [-0.39, 0.29) is 18.5 Å². The standard InChI is InChI=1S/C12H11F3N4OS/c13-12(14,15)6-1-7(2-6)18-10(20)9-4-21-11(19-9)8-3-16-5-17-8/h3-7H,1-2H2,(H,16,17)(H,18,20). The number of nitrogens with one attached hydrogen (secondary N) is 2. The molecule has 1 saturated carbocycles. The normalized spacial score (nSPS) is 21.9. The van der Waals surface area contributed by atoms with E-state index in [0.717, 1.165) is 0 Å². The predicted molar refractivity (Wildman–Crippen MR) is 69.7 cm³/mol. The molecule has 0 aromatic carbocycles. The molecule has 1 fully saturated rings. The van der Waals surface area contributed by atoms with Gasteiger partial charge in [-0.15, -0.1) is 11.3 Å². The second-order valence-corrected chi connectivity index (χ2v) is 5.74. The quantitative estimate of drug-likeness (QED) is 0.914. The van der Waals surface area contributed by atoms with Gasteiger partial charge in [-0.3, -0.25) is 4.79 Å². The molecule has 0 bridgehead atoms. The Bertz CT molecular complexity index is 631. The lowest BCUT2D eigenvalue weighted by atomic mass is 9.80. The lowest BCUT2D eigenvalue weighted by Crippen LogP contribution is -2.48. The number of hydrogen-bond donors (Lipinski definition) is 2. The molecule has 0 radical (unpaired) electrons. The van der Waals surface area contributed by atoms with Gasteiger partial charge in [-0.05, 0) is 12.8 Å². The zero-order valence-electron chi connectivity index (χ0n) is 10.6. The van der Waals surface area contributed by atoms with Crippen LogP contribution in [-0.4, -0.2) is 33.1 Å². The zero-order valence-corrected chi connectivity index (χ0v) is 11.5. The first-order valence-electron chi connectivity index (χ1n) is 6.25. The van der Waals surface area contributed by atoms with Gasteiger partial charge in [0.25, 0.3) is 5.91 Å². The molecule has 2 aromatic heterocycles. The van der Waals surface area contributed by atoms with E-state index in [1.807, 2.05) is 0 Å². The first-order chi connectivity index (χ1) is 9.93. The fourth-order valence-electron chi connectivity index (χ4n) is 2.14. The van der Waals surface area contributed by atoms with Crippen LogP contribution >= 0.6 is 11.3 Å². The largest absolute Gasteiger partial charge is 0.391 e. The van der Waals surface area contributed by atoms with Crippen LogP contribution in [-0.2, 0) is 0 Å². The van der Waals surface area contributed by atoms with Gasteiger partial charge >= 0.3 is 6.18 Å². The van der Waals surface area contributed by atoms with E-state index in [1.165, 1.54) is 17.7 Å². The second kappa shape index (κ2) is 5.14. The first-order valence-corrected chi connectivity index (χ1v) is 7.13. The number of hydrogen-bond acceptors (Lipinski definition) is 4. The minimum absolute atomic E-state index is 0.0627. The molecule has 3 rings (SSSR count). The van der Waals surface area contributed by atoms with Crippen LogP contribution in [0.5, 0.6) is 0 Å². The molecule has 9 heteroatoms. The van der Waals surface area contributed by atoms with Crippen molar-refractivity contribution in [1.82, 2.24) is 20.3 Å². The van der Waals surface area contributed by atoms with E-state index in [9.17, 15) is 18.0 Å². The van der Waals surface area contributed by atoms with E-state index in [0.29, 0.717) is 10.7 Å². The SMILES string of the molecule is O=C(NC1CC(C(F)(F)F)C1)c1csc(-c2cnc[nH]2)n1. The van der Waals surface area contributed by atoms with Crippen molar-refractivity contribution in [3.05, 3.63) is 23.6 Å². The Labute approximate surface area is 121 Å². The predicted octanol–water partition coefficient (Wildman–Crippen LogP) is 2.60. The third-order valence-electron chi connectivity index (χ3n) is 3.40. The maximum atomic E-state index is 12.4. The van der Waals surface area contributed by atoms with Gasteiger partial charge in [-0.2, -0.15) is 13.2 Å². The molecule has 0 aliphatic heterocycles. The van der Waals surface area contributed by atoms with Crippen molar-refractivity contribution in [1.29, 1.82) is 0 Å². The number of rotatable bonds is 3. The fraction of sp³-hybridized carbons (Fsp3) is 0.417. The Hall–Kier alpha value is -1.90. The molecule has 1 amide bonds. The number of carbonyl (C=O) groups excluding carboxylic acids is 1. The van der Waals surface area contributed by atoms with E-state index < -0.39 is 24.0 Å². The van der Waals surface area contributed by atoms with Gasteiger partial charge in [0.05, 0.1) is 24.1 Å². The minimum Gasteiger partial charge on any atom is -0.348 e. The Kier molecular flexibility index (Phi) is 3.44. The summed E-state index contributed by atoms with van der Waals surface area (Å²) in [5.41, 5.74) is 0.903. The summed E-state index contributed by atoms with van der Waals surface area (Å²) in [4.78, 5) is 22.8. The average molecular weight is 316 g/mol. The molecule has 2 heterocycles. The molecule has 5 nitrogen and oxygen atoms in total. The number of halogens is 3. The van der Waals surface area contributed by atoms with Gasteiger partial charge in [0.1, 0.15) is 10.7 Å². The van der Waals surface area contributed by atoms with Crippen LogP contribution in [0.2, 0.25) is 0 Å². The Morgan fingerprint density at radius 3 is 2.81 bits per heavy atom. The lowest BCUT2D eigenvalue weighted by Gasteiger charge is -2.36. The summed E-state index contributed by atoms with van der Waals surface area (Å²) in [5.74, 6) is -1.75.